The molecule has 0 aliphatic heterocycles. The van der Waals surface area contributed by atoms with Gasteiger partial charge >= 0.3 is 0 Å². The van der Waals surface area contributed by atoms with E-state index in [1.807, 2.05) is 18.2 Å². The fourth-order valence-electron chi connectivity index (χ4n) is 2.13. The van der Waals surface area contributed by atoms with Gasteiger partial charge in [0.05, 0.1) is 0 Å². The van der Waals surface area contributed by atoms with Crippen LogP contribution in [0.3, 0.4) is 0 Å². The molecule has 0 atom stereocenters. The van der Waals surface area contributed by atoms with E-state index in [1.54, 1.807) is 6.20 Å². The van der Waals surface area contributed by atoms with E-state index >= 15 is 0 Å². The summed E-state index contributed by atoms with van der Waals surface area (Å²) in [5, 5.41) is 0. The first-order valence-electron chi connectivity index (χ1n) is 7.10. The van der Waals surface area contributed by atoms with Crippen LogP contribution in [0.5, 0.6) is 0 Å². The molecule has 2 aromatic rings. The molecule has 0 radical (unpaired) electrons. The normalized spacial score (nSPS) is 10.7. The highest BCUT2D eigenvalue weighted by Crippen LogP contribution is 2.09. The zero-order chi connectivity index (χ0) is 14.2. The number of carbonyl (C=O) groups excluding carboxylic acids is 1. The number of rotatable bonds is 8. The minimum absolute atomic E-state index is 0.0846. The number of hydrogen-bond acceptors (Lipinski definition) is 3. The molecule has 106 valence electrons. The number of nitrogens with one attached hydrogen (secondary N) is 1. The van der Waals surface area contributed by atoms with E-state index in [1.165, 1.54) is 5.56 Å². The summed E-state index contributed by atoms with van der Waals surface area (Å²) in [6.07, 6.45) is 5.92. The highest BCUT2D eigenvalue weighted by molar-refractivity contribution is 5.92. The van der Waals surface area contributed by atoms with Crippen molar-refractivity contribution >= 4 is 5.78 Å². The van der Waals surface area contributed by atoms with Gasteiger partial charge in [-0.25, -0.2) is 4.98 Å². The summed E-state index contributed by atoms with van der Waals surface area (Å²) in [6.45, 7) is 0.691. The molecule has 4 nitrogen and oxygen atoms in total. The van der Waals surface area contributed by atoms with Crippen LogP contribution in [0.2, 0.25) is 0 Å². The molecular weight excluding hydrogens is 250 g/mol. The van der Waals surface area contributed by atoms with Gasteiger partial charge in [0.2, 0.25) is 0 Å². The van der Waals surface area contributed by atoms with E-state index in [4.69, 9.17) is 5.73 Å². The van der Waals surface area contributed by atoms with Crippen molar-refractivity contribution in [3.05, 3.63) is 53.6 Å². The summed E-state index contributed by atoms with van der Waals surface area (Å²) in [7, 11) is 0. The van der Waals surface area contributed by atoms with Gasteiger partial charge < -0.3 is 10.7 Å². The predicted molar refractivity (Wildman–Crippen MR) is 79.7 cm³/mol. The molecule has 0 saturated carbocycles. The number of benzene rings is 1. The van der Waals surface area contributed by atoms with Crippen LogP contribution in [-0.2, 0) is 6.42 Å². The number of H-pyrrole nitrogens is 1. The van der Waals surface area contributed by atoms with Crippen molar-refractivity contribution in [2.45, 2.75) is 32.1 Å². The molecule has 0 aliphatic carbocycles. The molecule has 0 saturated heterocycles. The zero-order valence-corrected chi connectivity index (χ0v) is 11.6. The molecule has 1 aromatic carbocycles. The Kier molecular flexibility index (Phi) is 5.50. The summed E-state index contributed by atoms with van der Waals surface area (Å²) in [6, 6.07) is 10.1. The first-order valence-corrected chi connectivity index (χ1v) is 7.10. The van der Waals surface area contributed by atoms with Gasteiger partial charge in [0.1, 0.15) is 0 Å². The van der Waals surface area contributed by atoms with Gasteiger partial charge in [0.25, 0.3) is 0 Å². The van der Waals surface area contributed by atoms with Crippen molar-refractivity contribution in [1.29, 1.82) is 0 Å². The van der Waals surface area contributed by atoms with E-state index < -0.39 is 0 Å². The lowest BCUT2D eigenvalue weighted by Crippen LogP contribution is -2.03. The molecular formula is C16H21N3O. The molecule has 4 heteroatoms. The number of Topliss-reactive ketones (excluding diaryl/α,β-unsaturated/α-hetero) is 1. The Labute approximate surface area is 119 Å². The molecule has 20 heavy (non-hydrogen) atoms. The van der Waals surface area contributed by atoms with Crippen LogP contribution >= 0.6 is 0 Å². The highest BCUT2D eigenvalue weighted by atomic mass is 16.1. The number of unbranched alkanes of at least 4 members (excludes halogenated alkanes) is 2. The Morgan fingerprint density at radius 2 is 1.95 bits per heavy atom. The summed E-state index contributed by atoms with van der Waals surface area (Å²) in [5.74, 6) is 0.560. The molecule has 1 heterocycles. The molecule has 0 unspecified atom stereocenters. The first-order chi connectivity index (χ1) is 9.79. The minimum Gasteiger partial charge on any atom is -0.339 e. The lowest BCUT2D eigenvalue weighted by atomic mass is 10.1. The third kappa shape index (κ3) is 4.31. The molecule has 1 aromatic heterocycles. The SMILES string of the molecule is NCCCCCC(=O)c1ncc(Cc2ccccc2)[nH]1. The van der Waals surface area contributed by atoms with Crippen molar-refractivity contribution in [3.8, 4) is 0 Å². The standard InChI is InChI=1S/C16H21N3O/c17-10-6-2-5-9-15(20)16-18-12-14(19-16)11-13-7-3-1-4-8-13/h1,3-4,7-8,12H,2,5-6,9-11,17H2,(H,18,19). The number of aromatic amines is 1. The topological polar surface area (TPSA) is 71.8 Å². The van der Waals surface area contributed by atoms with Crippen molar-refractivity contribution in [3.63, 3.8) is 0 Å². The van der Waals surface area contributed by atoms with Gasteiger partial charge in [-0.05, 0) is 24.9 Å². The second kappa shape index (κ2) is 7.60. The Bertz CT molecular complexity index is 534. The van der Waals surface area contributed by atoms with Gasteiger partial charge in [0.15, 0.2) is 11.6 Å². The second-order valence-corrected chi connectivity index (χ2v) is 4.94. The first kappa shape index (κ1) is 14.5. The number of ketones is 1. The minimum atomic E-state index is 0.0846. The third-order valence-corrected chi connectivity index (χ3v) is 3.24. The van der Waals surface area contributed by atoms with E-state index in [-0.39, 0.29) is 5.78 Å². The number of carbonyl (C=O) groups is 1. The number of aromatic nitrogens is 2. The van der Waals surface area contributed by atoms with Crippen LogP contribution in [-0.4, -0.2) is 22.3 Å². The highest BCUT2D eigenvalue weighted by Gasteiger charge is 2.10. The molecule has 0 spiro atoms. The Morgan fingerprint density at radius 1 is 1.15 bits per heavy atom. The van der Waals surface area contributed by atoms with E-state index in [9.17, 15) is 4.79 Å². The van der Waals surface area contributed by atoms with Crippen LogP contribution in [0, 0.1) is 0 Å². The van der Waals surface area contributed by atoms with Crippen LogP contribution in [0.4, 0.5) is 0 Å². The smallest absolute Gasteiger partial charge is 0.198 e. The van der Waals surface area contributed by atoms with Gasteiger partial charge in [-0.2, -0.15) is 0 Å². The van der Waals surface area contributed by atoms with Gasteiger partial charge in [0, 0.05) is 24.7 Å². The molecule has 0 bridgehead atoms. The maximum absolute atomic E-state index is 11.9. The van der Waals surface area contributed by atoms with Gasteiger partial charge in [-0.3, -0.25) is 4.79 Å². The lowest BCUT2D eigenvalue weighted by Gasteiger charge is -1.99. The monoisotopic (exact) mass is 271 g/mol. The number of nitrogens with two attached hydrogens (primary N) is 1. The largest absolute Gasteiger partial charge is 0.339 e. The molecule has 0 fully saturated rings. The average molecular weight is 271 g/mol. The number of nitrogens with zero attached hydrogens (tertiary/aromatic N) is 1. The second-order valence-electron chi connectivity index (χ2n) is 4.94. The van der Waals surface area contributed by atoms with E-state index in [0.717, 1.165) is 31.4 Å². The Hall–Kier alpha value is -1.94. The summed E-state index contributed by atoms with van der Waals surface area (Å²) in [5.41, 5.74) is 7.61. The number of hydrogen-bond donors (Lipinski definition) is 2. The Balaban J connectivity index is 1.87. The summed E-state index contributed by atoms with van der Waals surface area (Å²) in [4.78, 5) is 19.2. The Morgan fingerprint density at radius 3 is 2.70 bits per heavy atom. The van der Waals surface area contributed by atoms with E-state index in [2.05, 4.69) is 22.1 Å². The van der Waals surface area contributed by atoms with Crippen molar-refractivity contribution in [2.24, 2.45) is 5.73 Å². The zero-order valence-electron chi connectivity index (χ0n) is 11.6. The van der Waals surface area contributed by atoms with Crippen LogP contribution in [0.25, 0.3) is 0 Å². The van der Waals surface area contributed by atoms with Crippen LogP contribution in [0.15, 0.2) is 36.5 Å². The number of imidazole rings is 1. The average Bonchev–Trinajstić information content (AvgIpc) is 2.93. The van der Waals surface area contributed by atoms with Crippen LogP contribution < -0.4 is 5.73 Å². The van der Waals surface area contributed by atoms with Gasteiger partial charge in [-0.1, -0.05) is 36.8 Å². The third-order valence-electron chi connectivity index (χ3n) is 3.24. The maximum Gasteiger partial charge on any atom is 0.198 e. The van der Waals surface area contributed by atoms with Gasteiger partial charge in [-0.15, -0.1) is 0 Å². The fourth-order valence-corrected chi connectivity index (χ4v) is 2.13. The quantitative estimate of drug-likeness (QED) is 0.573. The summed E-state index contributed by atoms with van der Waals surface area (Å²) < 4.78 is 0. The lowest BCUT2D eigenvalue weighted by molar-refractivity contribution is 0.0970. The molecule has 0 amide bonds. The maximum atomic E-state index is 11.9. The molecule has 2 rings (SSSR count). The molecule has 3 N–H and O–H groups in total. The molecule has 0 aliphatic rings. The summed E-state index contributed by atoms with van der Waals surface area (Å²) >= 11 is 0. The van der Waals surface area contributed by atoms with Crippen molar-refractivity contribution in [1.82, 2.24) is 9.97 Å². The predicted octanol–water partition coefficient (Wildman–Crippen LogP) is 2.70. The van der Waals surface area contributed by atoms with Crippen molar-refractivity contribution < 1.29 is 4.79 Å². The van der Waals surface area contributed by atoms with Crippen LogP contribution in [0.1, 0.15) is 47.6 Å². The fraction of sp³-hybridized carbons (Fsp3) is 0.375. The van der Waals surface area contributed by atoms with E-state index in [0.29, 0.717) is 18.8 Å². The van der Waals surface area contributed by atoms with Crippen molar-refractivity contribution in [2.75, 3.05) is 6.54 Å².